The fourth-order valence-corrected chi connectivity index (χ4v) is 2.83. The Morgan fingerprint density at radius 3 is 2.62 bits per heavy atom. The van der Waals surface area contributed by atoms with Crippen molar-refractivity contribution in [2.24, 2.45) is 0 Å². The SMILES string of the molecule is O=C(Nc1ccc([N+](=O)[O-])cc1)N(Cc1ccncc1)CC1CCCO1. The summed E-state index contributed by atoms with van der Waals surface area (Å²) in [5.41, 5.74) is 1.46. The molecule has 136 valence electrons. The van der Waals surface area contributed by atoms with Crippen LogP contribution in [0.4, 0.5) is 16.2 Å². The van der Waals surface area contributed by atoms with Crippen LogP contribution in [0.2, 0.25) is 0 Å². The van der Waals surface area contributed by atoms with E-state index < -0.39 is 4.92 Å². The van der Waals surface area contributed by atoms with Crippen LogP contribution in [-0.4, -0.2) is 40.1 Å². The summed E-state index contributed by atoms with van der Waals surface area (Å²) >= 11 is 0. The van der Waals surface area contributed by atoms with E-state index in [4.69, 9.17) is 4.74 Å². The zero-order chi connectivity index (χ0) is 18.4. The van der Waals surface area contributed by atoms with Crippen molar-refractivity contribution in [1.29, 1.82) is 0 Å². The zero-order valence-corrected chi connectivity index (χ0v) is 14.2. The van der Waals surface area contributed by atoms with Crippen LogP contribution in [0.5, 0.6) is 0 Å². The van der Waals surface area contributed by atoms with Gasteiger partial charge in [-0.3, -0.25) is 15.1 Å². The van der Waals surface area contributed by atoms with Gasteiger partial charge in [0.25, 0.3) is 5.69 Å². The highest BCUT2D eigenvalue weighted by Gasteiger charge is 2.23. The summed E-state index contributed by atoms with van der Waals surface area (Å²) in [6.07, 6.45) is 5.33. The molecule has 1 aliphatic rings. The molecule has 1 aromatic heterocycles. The van der Waals surface area contributed by atoms with Gasteiger partial charge in [0.05, 0.1) is 11.0 Å². The van der Waals surface area contributed by atoms with E-state index in [0.29, 0.717) is 18.8 Å². The number of urea groups is 1. The van der Waals surface area contributed by atoms with Crippen molar-refractivity contribution >= 4 is 17.4 Å². The van der Waals surface area contributed by atoms with Gasteiger partial charge in [0, 0.05) is 49.9 Å². The normalized spacial score (nSPS) is 16.2. The third-order valence-corrected chi connectivity index (χ3v) is 4.19. The number of aromatic nitrogens is 1. The van der Waals surface area contributed by atoms with Gasteiger partial charge in [0.1, 0.15) is 0 Å². The molecule has 1 fully saturated rings. The van der Waals surface area contributed by atoms with Crippen molar-refractivity contribution in [2.75, 3.05) is 18.5 Å². The molecule has 1 atom stereocenters. The Morgan fingerprint density at radius 1 is 1.27 bits per heavy atom. The number of hydrogen-bond donors (Lipinski definition) is 1. The van der Waals surface area contributed by atoms with Gasteiger partial charge in [-0.05, 0) is 42.7 Å². The van der Waals surface area contributed by atoms with E-state index in [-0.39, 0.29) is 17.8 Å². The minimum atomic E-state index is -0.473. The predicted octanol–water partition coefficient (Wildman–Crippen LogP) is 3.20. The quantitative estimate of drug-likeness (QED) is 0.633. The van der Waals surface area contributed by atoms with Crippen molar-refractivity contribution in [2.45, 2.75) is 25.5 Å². The molecule has 0 aliphatic carbocycles. The number of amides is 2. The molecule has 1 unspecified atom stereocenters. The van der Waals surface area contributed by atoms with E-state index in [9.17, 15) is 14.9 Å². The van der Waals surface area contributed by atoms with Gasteiger partial charge < -0.3 is 15.0 Å². The number of benzene rings is 1. The van der Waals surface area contributed by atoms with Crippen molar-refractivity contribution < 1.29 is 14.5 Å². The van der Waals surface area contributed by atoms with Crippen LogP contribution in [0.1, 0.15) is 18.4 Å². The third-order valence-electron chi connectivity index (χ3n) is 4.19. The van der Waals surface area contributed by atoms with Gasteiger partial charge in [-0.15, -0.1) is 0 Å². The van der Waals surface area contributed by atoms with Crippen molar-refractivity contribution in [3.63, 3.8) is 0 Å². The molecular formula is C18H20N4O4. The fraction of sp³-hybridized carbons (Fsp3) is 0.333. The lowest BCUT2D eigenvalue weighted by molar-refractivity contribution is -0.384. The maximum atomic E-state index is 12.7. The van der Waals surface area contributed by atoms with Gasteiger partial charge in [-0.25, -0.2) is 4.79 Å². The number of nitrogens with zero attached hydrogens (tertiary/aromatic N) is 3. The standard InChI is InChI=1S/C18H20N4O4/c23-18(20-15-3-5-16(6-4-15)22(24)25)21(13-17-2-1-11-26-17)12-14-7-9-19-10-8-14/h3-10,17H,1-2,11-13H2,(H,20,23). The van der Waals surface area contributed by atoms with Gasteiger partial charge in [0.15, 0.2) is 0 Å². The van der Waals surface area contributed by atoms with Gasteiger partial charge in [-0.1, -0.05) is 0 Å². The molecule has 2 amide bonds. The number of carbonyl (C=O) groups is 1. The topological polar surface area (TPSA) is 97.6 Å². The lowest BCUT2D eigenvalue weighted by Crippen LogP contribution is -2.39. The monoisotopic (exact) mass is 356 g/mol. The predicted molar refractivity (Wildman–Crippen MR) is 95.7 cm³/mol. The summed E-state index contributed by atoms with van der Waals surface area (Å²) in [7, 11) is 0. The van der Waals surface area contributed by atoms with E-state index in [2.05, 4.69) is 10.3 Å². The summed E-state index contributed by atoms with van der Waals surface area (Å²) in [5.74, 6) is 0. The summed E-state index contributed by atoms with van der Waals surface area (Å²) in [4.78, 5) is 28.7. The first-order valence-corrected chi connectivity index (χ1v) is 8.43. The Balaban J connectivity index is 1.69. The van der Waals surface area contributed by atoms with E-state index in [1.165, 1.54) is 24.3 Å². The minimum absolute atomic E-state index is 0.0176. The molecule has 1 aliphatic heterocycles. The molecule has 0 radical (unpaired) electrons. The first-order chi connectivity index (χ1) is 12.6. The number of carbonyl (C=O) groups excluding carboxylic acids is 1. The third kappa shape index (κ3) is 4.76. The second-order valence-corrected chi connectivity index (χ2v) is 6.11. The highest BCUT2D eigenvalue weighted by molar-refractivity contribution is 5.89. The lowest BCUT2D eigenvalue weighted by Gasteiger charge is -2.26. The molecule has 2 heterocycles. The number of rotatable bonds is 6. The molecular weight excluding hydrogens is 336 g/mol. The van der Waals surface area contributed by atoms with E-state index in [1.54, 1.807) is 17.3 Å². The molecule has 1 aromatic carbocycles. The Labute approximate surface area is 150 Å². The van der Waals surface area contributed by atoms with E-state index in [1.807, 2.05) is 12.1 Å². The Hall–Kier alpha value is -3.00. The van der Waals surface area contributed by atoms with Crippen LogP contribution in [0.15, 0.2) is 48.8 Å². The zero-order valence-electron chi connectivity index (χ0n) is 14.2. The molecule has 2 aromatic rings. The molecule has 8 nitrogen and oxygen atoms in total. The van der Waals surface area contributed by atoms with Crippen molar-refractivity contribution in [1.82, 2.24) is 9.88 Å². The van der Waals surface area contributed by atoms with Crippen LogP contribution in [-0.2, 0) is 11.3 Å². The average Bonchev–Trinajstić information content (AvgIpc) is 3.15. The van der Waals surface area contributed by atoms with E-state index in [0.717, 1.165) is 25.0 Å². The molecule has 0 bridgehead atoms. The number of nitro benzene ring substituents is 1. The molecule has 0 saturated carbocycles. The molecule has 1 saturated heterocycles. The molecule has 8 heteroatoms. The number of pyridine rings is 1. The summed E-state index contributed by atoms with van der Waals surface area (Å²) < 4.78 is 5.65. The highest BCUT2D eigenvalue weighted by atomic mass is 16.6. The molecule has 3 rings (SSSR count). The maximum absolute atomic E-state index is 12.7. The molecule has 0 spiro atoms. The smallest absolute Gasteiger partial charge is 0.322 e. The second-order valence-electron chi connectivity index (χ2n) is 6.11. The largest absolute Gasteiger partial charge is 0.376 e. The number of hydrogen-bond acceptors (Lipinski definition) is 5. The van der Waals surface area contributed by atoms with E-state index >= 15 is 0 Å². The number of nitrogens with one attached hydrogen (secondary N) is 1. The summed E-state index contributed by atoms with van der Waals surface area (Å²) in [6.45, 7) is 1.64. The Kier molecular flexibility index (Phi) is 5.75. The maximum Gasteiger partial charge on any atom is 0.322 e. The van der Waals surface area contributed by atoms with Gasteiger partial charge in [-0.2, -0.15) is 0 Å². The Morgan fingerprint density at radius 2 is 2.00 bits per heavy atom. The van der Waals surface area contributed by atoms with Crippen LogP contribution >= 0.6 is 0 Å². The van der Waals surface area contributed by atoms with Crippen molar-refractivity contribution in [3.05, 3.63) is 64.5 Å². The fourth-order valence-electron chi connectivity index (χ4n) is 2.83. The number of nitro groups is 1. The molecule has 1 N–H and O–H groups in total. The van der Waals surface area contributed by atoms with Gasteiger partial charge in [0.2, 0.25) is 0 Å². The van der Waals surface area contributed by atoms with Crippen molar-refractivity contribution in [3.8, 4) is 0 Å². The lowest BCUT2D eigenvalue weighted by atomic mass is 10.2. The summed E-state index contributed by atoms with van der Waals surface area (Å²) in [5, 5.41) is 13.5. The number of non-ortho nitro benzene ring substituents is 1. The highest BCUT2D eigenvalue weighted by Crippen LogP contribution is 2.18. The number of ether oxygens (including phenoxy) is 1. The van der Waals surface area contributed by atoms with Crippen LogP contribution < -0.4 is 5.32 Å². The number of anilines is 1. The van der Waals surface area contributed by atoms with Gasteiger partial charge >= 0.3 is 6.03 Å². The minimum Gasteiger partial charge on any atom is -0.376 e. The Bertz CT molecular complexity index is 746. The average molecular weight is 356 g/mol. The summed E-state index contributed by atoms with van der Waals surface area (Å²) in [6, 6.07) is 9.22. The second kappa shape index (κ2) is 8.39. The molecule has 26 heavy (non-hydrogen) atoms. The first kappa shape index (κ1) is 17.8. The van der Waals surface area contributed by atoms with Crippen LogP contribution in [0, 0.1) is 10.1 Å². The van der Waals surface area contributed by atoms with Crippen LogP contribution in [0.3, 0.4) is 0 Å². The van der Waals surface area contributed by atoms with Crippen LogP contribution in [0.25, 0.3) is 0 Å². The first-order valence-electron chi connectivity index (χ1n) is 8.43.